The number of rotatable bonds is 2. The molecule has 184 valence electrons. The van der Waals surface area contributed by atoms with Crippen molar-refractivity contribution in [1.82, 2.24) is 0 Å². The maximum atomic E-state index is 11.2. The summed E-state index contributed by atoms with van der Waals surface area (Å²) in [5.41, 5.74) is 3.40. The van der Waals surface area contributed by atoms with Gasteiger partial charge in [0.15, 0.2) is 0 Å². The standard InChI is InChI=1S/C30H48O2Si/c1-27(2,3)21-15-19(16-22(25(21)31)28(4,5)6)33(13,14)20-17-23(29(7,8)9)26(32)24(18-20)30(10,11)12/h15-18,31-32H,1-14H3. The van der Waals surface area contributed by atoms with E-state index in [1.165, 1.54) is 10.4 Å². The summed E-state index contributed by atoms with van der Waals surface area (Å²) < 4.78 is 0. The number of hydrogen-bond donors (Lipinski definition) is 2. The zero-order valence-electron chi connectivity index (χ0n) is 23.7. The zero-order chi connectivity index (χ0) is 25.9. The van der Waals surface area contributed by atoms with Crippen molar-refractivity contribution in [1.29, 1.82) is 0 Å². The number of phenols is 2. The predicted octanol–water partition coefficient (Wildman–Crippen LogP) is 7.11. The smallest absolute Gasteiger partial charge is 0.123 e. The van der Waals surface area contributed by atoms with Crippen molar-refractivity contribution in [2.24, 2.45) is 0 Å². The van der Waals surface area contributed by atoms with E-state index in [0.29, 0.717) is 11.5 Å². The SMILES string of the molecule is CC(C)(C)c1cc([Si](C)(C)c2cc(C(C)(C)C)c(O)c(C(C)(C)C)c2)cc(C(C)(C)C)c1O. The van der Waals surface area contributed by atoms with Crippen LogP contribution in [-0.4, -0.2) is 18.3 Å². The Morgan fingerprint density at radius 2 is 0.636 bits per heavy atom. The third kappa shape index (κ3) is 5.50. The van der Waals surface area contributed by atoms with Gasteiger partial charge in [0, 0.05) is 0 Å². The van der Waals surface area contributed by atoms with Gasteiger partial charge in [-0.05, 0) is 43.9 Å². The van der Waals surface area contributed by atoms with Gasteiger partial charge in [-0.15, -0.1) is 0 Å². The molecule has 0 radical (unpaired) electrons. The van der Waals surface area contributed by atoms with E-state index < -0.39 is 8.07 Å². The fourth-order valence-corrected chi connectivity index (χ4v) is 6.80. The normalized spacial score (nSPS) is 14.0. The Bertz CT molecular complexity index is 879. The molecular weight excluding hydrogens is 420 g/mol. The van der Waals surface area contributed by atoms with E-state index in [1.54, 1.807) is 0 Å². The van der Waals surface area contributed by atoms with Crippen LogP contribution in [0.5, 0.6) is 11.5 Å². The fraction of sp³-hybridized carbons (Fsp3) is 0.600. The Kier molecular flexibility index (Phi) is 6.82. The highest BCUT2D eigenvalue weighted by atomic mass is 28.3. The highest BCUT2D eigenvalue weighted by molar-refractivity contribution is 7.00. The lowest BCUT2D eigenvalue weighted by Crippen LogP contribution is -2.54. The van der Waals surface area contributed by atoms with Crippen LogP contribution in [0.1, 0.15) is 105 Å². The molecule has 0 fully saturated rings. The summed E-state index contributed by atoms with van der Waals surface area (Å²) in [4.78, 5) is 0. The largest absolute Gasteiger partial charge is 0.507 e. The van der Waals surface area contributed by atoms with Crippen molar-refractivity contribution in [3.8, 4) is 11.5 Å². The van der Waals surface area contributed by atoms with Gasteiger partial charge in [0.2, 0.25) is 0 Å². The van der Waals surface area contributed by atoms with Gasteiger partial charge in [0.05, 0.1) is 0 Å². The molecular formula is C30H48O2Si. The average molecular weight is 469 g/mol. The summed E-state index contributed by atoms with van der Waals surface area (Å²) >= 11 is 0. The monoisotopic (exact) mass is 468 g/mol. The van der Waals surface area contributed by atoms with E-state index in [0.717, 1.165) is 22.3 Å². The summed E-state index contributed by atoms with van der Waals surface area (Å²) in [6, 6.07) is 8.99. The molecule has 2 aromatic rings. The maximum Gasteiger partial charge on any atom is 0.123 e. The third-order valence-corrected chi connectivity index (χ3v) is 10.4. The van der Waals surface area contributed by atoms with Crippen LogP contribution in [0.3, 0.4) is 0 Å². The maximum absolute atomic E-state index is 11.2. The van der Waals surface area contributed by atoms with Gasteiger partial charge < -0.3 is 10.2 Å². The molecule has 2 aromatic carbocycles. The van der Waals surface area contributed by atoms with Crippen LogP contribution in [0.2, 0.25) is 13.1 Å². The van der Waals surface area contributed by atoms with Crippen LogP contribution in [0.4, 0.5) is 0 Å². The molecule has 0 heterocycles. The topological polar surface area (TPSA) is 40.5 Å². The van der Waals surface area contributed by atoms with Gasteiger partial charge in [0.25, 0.3) is 0 Å². The lowest BCUT2D eigenvalue weighted by atomic mass is 9.79. The van der Waals surface area contributed by atoms with E-state index >= 15 is 0 Å². The molecule has 0 atom stereocenters. The first-order valence-electron chi connectivity index (χ1n) is 12.3. The minimum atomic E-state index is -2.16. The Morgan fingerprint density at radius 1 is 0.455 bits per heavy atom. The van der Waals surface area contributed by atoms with Crippen molar-refractivity contribution < 1.29 is 10.2 Å². The minimum Gasteiger partial charge on any atom is -0.507 e. The quantitative estimate of drug-likeness (QED) is 0.461. The molecule has 0 aliphatic carbocycles. The summed E-state index contributed by atoms with van der Waals surface area (Å²) in [5.74, 6) is 0.861. The molecule has 2 nitrogen and oxygen atoms in total. The molecule has 3 heteroatoms. The van der Waals surface area contributed by atoms with Crippen LogP contribution in [-0.2, 0) is 21.7 Å². The van der Waals surface area contributed by atoms with Crippen molar-refractivity contribution in [3.63, 3.8) is 0 Å². The van der Waals surface area contributed by atoms with Crippen molar-refractivity contribution in [2.75, 3.05) is 0 Å². The van der Waals surface area contributed by atoms with E-state index in [1.807, 2.05) is 0 Å². The van der Waals surface area contributed by atoms with Crippen LogP contribution in [0.15, 0.2) is 24.3 Å². The Labute approximate surface area is 204 Å². The summed E-state index contributed by atoms with van der Waals surface area (Å²) in [7, 11) is -2.16. The molecule has 0 bridgehead atoms. The number of hydrogen-bond acceptors (Lipinski definition) is 2. The number of benzene rings is 2. The summed E-state index contributed by atoms with van der Waals surface area (Å²) in [5, 5.41) is 25.1. The van der Waals surface area contributed by atoms with Crippen molar-refractivity contribution in [2.45, 2.75) is 118 Å². The molecule has 0 aromatic heterocycles. The molecule has 0 saturated heterocycles. The summed E-state index contributed by atoms with van der Waals surface area (Å²) in [6.07, 6.45) is 0. The Hall–Kier alpha value is -1.74. The zero-order valence-corrected chi connectivity index (χ0v) is 24.7. The van der Waals surface area contributed by atoms with Crippen LogP contribution >= 0.6 is 0 Å². The number of aromatic hydroxyl groups is 2. The minimum absolute atomic E-state index is 0.160. The second-order valence-corrected chi connectivity index (χ2v) is 18.9. The molecule has 0 aliphatic heterocycles. The molecule has 0 unspecified atom stereocenters. The van der Waals surface area contributed by atoms with Crippen molar-refractivity contribution in [3.05, 3.63) is 46.5 Å². The highest BCUT2D eigenvalue weighted by Crippen LogP contribution is 2.40. The lowest BCUT2D eigenvalue weighted by molar-refractivity contribution is 0.423. The first-order valence-corrected chi connectivity index (χ1v) is 15.3. The molecule has 0 spiro atoms. The first kappa shape index (κ1) is 27.5. The predicted molar refractivity (Wildman–Crippen MR) is 148 cm³/mol. The molecule has 0 aliphatic rings. The van der Waals surface area contributed by atoms with Gasteiger partial charge in [-0.3, -0.25) is 0 Å². The van der Waals surface area contributed by atoms with Gasteiger partial charge >= 0.3 is 0 Å². The van der Waals surface area contributed by atoms with Crippen LogP contribution < -0.4 is 10.4 Å². The molecule has 2 rings (SSSR count). The molecule has 2 N–H and O–H groups in total. The van der Waals surface area contributed by atoms with E-state index in [2.05, 4.69) is 120 Å². The average Bonchev–Trinajstić information content (AvgIpc) is 2.57. The van der Waals surface area contributed by atoms with Gasteiger partial charge in [-0.25, -0.2) is 0 Å². The Balaban J connectivity index is 2.95. The molecule has 0 amide bonds. The van der Waals surface area contributed by atoms with Gasteiger partial charge in [-0.2, -0.15) is 0 Å². The van der Waals surface area contributed by atoms with E-state index in [-0.39, 0.29) is 21.7 Å². The van der Waals surface area contributed by atoms with Crippen molar-refractivity contribution >= 4 is 18.4 Å². The van der Waals surface area contributed by atoms with E-state index in [9.17, 15) is 10.2 Å². The molecule has 0 saturated carbocycles. The van der Waals surface area contributed by atoms with Gasteiger partial charge in [-0.1, -0.05) is 131 Å². The number of phenolic OH excluding ortho intramolecular Hbond substituents is 2. The molecule has 33 heavy (non-hydrogen) atoms. The fourth-order valence-electron chi connectivity index (χ4n) is 4.44. The van der Waals surface area contributed by atoms with Crippen LogP contribution in [0, 0.1) is 0 Å². The Morgan fingerprint density at radius 3 is 0.788 bits per heavy atom. The van der Waals surface area contributed by atoms with Gasteiger partial charge in [0.1, 0.15) is 19.6 Å². The van der Waals surface area contributed by atoms with E-state index in [4.69, 9.17) is 0 Å². The lowest BCUT2D eigenvalue weighted by Gasteiger charge is -2.34. The second-order valence-electron chi connectivity index (χ2n) is 14.5. The van der Waals surface area contributed by atoms with Crippen LogP contribution in [0.25, 0.3) is 0 Å². The summed E-state index contributed by atoms with van der Waals surface area (Å²) in [6.45, 7) is 30.8. The second kappa shape index (κ2) is 8.18. The highest BCUT2D eigenvalue weighted by Gasteiger charge is 2.35. The first-order chi connectivity index (χ1) is 14.5. The third-order valence-electron chi connectivity index (χ3n) is 6.90.